The summed E-state index contributed by atoms with van der Waals surface area (Å²) >= 11 is 17.7. The quantitative estimate of drug-likeness (QED) is 0.834. The number of hydrogen-bond acceptors (Lipinski definition) is 5. The first-order valence-corrected chi connectivity index (χ1v) is 6.18. The van der Waals surface area contributed by atoms with E-state index in [1.54, 1.807) is 12.1 Å². The van der Waals surface area contributed by atoms with Crippen molar-refractivity contribution in [2.45, 2.75) is 0 Å². The Kier molecular flexibility index (Phi) is 4.26. The minimum atomic E-state index is -0.147. The Morgan fingerprint density at radius 1 is 1.00 bits per heavy atom. The molecule has 20 heavy (non-hydrogen) atoms. The van der Waals surface area contributed by atoms with Gasteiger partial charge in [0, 0.05) is 5.02 Å². The van der Waals surface area contributed by atoms with Gasteiger partial charge in [0.15, 0.2) is 17.1 Å². The van der Waals surface area contributed by atoms with E-state index in [1.807, 2.05) is 0 Å². The summed E-state index contributed by atoms with van der Waals surface area (Å²) in [5.74, 6) is 0.132. The number of rotatable bonds is 2. The van der Waals surface area contributed by atoms with Gasteiger partial charge in [-0.1, -0.05) is 34.8 Å². The van der Waals surface area contributed by atoms with Crippen LogP contribution >= 0.6 is 34.8 Å². The fourth-order valence-corrected chi connectivity index (χ4v) is 2.21. The number of nitriles is 2. The SMILES string of the molecule is N#Cc1ncc(Oc2c(Cl)cc(Cl)cc2Cl)nc1C#N. The monoisotopic (exact) mass is 324 g/mol. The summed E-state index contributed by atoms with van der Waals surface area (Å²) in [6.45, 7) is 0. The van der Waals surface area contributed by atoms with E-state index in [1.165, 1.54) is 18.3 Å². The Morgan fingerprint density at radius 2 is 1.60 bits per heavy atom. The highest BCUT2D eigenvalue weighted by atomic mass is 35.5. The molecule has 0 aliphatic rings. The van der Waals surface area contributed by atoms with E-state index in [4.69, 9.17) is 50.1 Å². The molecule has 0 aliphatic heterocycles. The normalized spacial score (nSPS) is 9.65. The number of aromatic nitrogens is 2. The summed E-state index contributed by atoms with van der Waals surface area (Å²) in [5, 5.41) is 18.3. The molecule has 0 fully saturated rings. The summed E-state index contributed by atoms with van der Waals surface area (Å²) in [6.07, 6.45) is 1.20. The van der Waals surface area contributed by atoms with Crippen molar-refractivity contribution in [1.82, 2.24) is 9.97 Å². The van der Waals surface area contributed by atoms with Crippen LogP contribution in [0.15, 0.2) is 18.3 Å². The van der Waals surface area contributed by atoms with Gasteiger partial charge in [-0.3, -0.25) is 0 Å². The van der Waals surface area contributed by atoms with Crippen LogP contribution in [0, 0.1) is 22.7 Å². The first-order valence-electron chi connectivity index (χ1n) is 5.04. The third kappa shape index (κ3) is 2.92. The third-order valence-electron chi connectivity index (χ3n) is 2.13. The summed E-state index contributed by atoms with van der Waals surface area (Å²) in [5.41, 5.74) is -0.237. The van der Waals surface area contributed by atoms with Crippen molar-refractivity contribution in [1.29, 1.82) is 10.5 Å². The molecule has 0 unspecified atom stereocenters. The zero-order chi connectivity index (χ0) is 14.7. The largest absolute Gasteiger partial charge is 0.434 e. The molecule has 1 aromatic carbocycles. The van der Waals surface area contributed by atoms with Crippen LogP contribution in [-0.2, 0) is 0 Å². The Hall–Kier alpha value is -2.05. The number of benzene rings is 1. The predicted octanol–water partition coefficient (Wildman–Crippen LogP) is 3.97. The lowest BCUT2D eigenvalue weighted by Gasteiger charge is -2.09. The van der Waals surface area contributed by atoms with E-state index in [9.17, 15) is 0 Å². The van der Waals surface area contributed by atoms with Gasteiger partial charge in [0.1, 0.15) is 12.1 Å². The van der Waals surface area contributed by atoms with Crippen LogP contribution < -0.4 is 4.74 Å². The number of nitrogens with zero attached hydrogens (tertiary/aromatic N) is 4. The van der Waals surface area contributed by atoms with Crippen molar-refractivity contribution in [2.75, 3.05) is 0 Å². The molecule has 1 aromatic heterocycles. The van der Waals surface area contributed by atoms with Gasteiger partial charge >= 0.3 is 0 Å². The van der Waals surface area contributed by atoms with E-state index < -0.39 is 0 Å². The maximum atomic E-state index is 8.86. The molecular weight excluding hydrogens is 323 g/mol. The van der Waals surface area contributed by atoms with Gasteiger partial charge in [0.2, 0.25) is 5.88 Å². The first kappa shape index (κ1) is 14.4. The van der Waals surface area contributed by atoms with Gasteiger partial charge in [-0.15, -0.1) is 0 Å². The lowest BCUT2D eigenvalue weighted by Crippen LogP contribution is -1.97. The maximum absolute atomic E-state index is 8.86. The van der Waals surface area contributed by atoms with Crippen molar-refractivity contribution in [3.05, 3.63) is 44.8 Å². The molecule has 0 saturated heterocycles. The van der Waals surface area contributed by atoms with Crippen molar-refractivity contribution < 1.29 is 4.74 Å². The van der Waals surface area contributed by atoms with Gasteiger partial charge in [0.25, 0.3) is 0 Å². The number of hydrogen-bond donors (Lipinski definition) is 0. The maximum Gasteiger partial charge on any atom is 0.239 e. The lowest BCUT2D eigenvalue weighted by molar-refractivity contribution is 0.460. The first-order chi connectivity index (χ1) is 9.55. The Bertz CT molecular complexity index is 741. The van der Waals surface area contributed by atoms with Crippen LogP contribution in [0.4, 0.5) is 0 Å². The van der Waals surface area contributed by atoms with Crippen LogP contribution in [-0.4, -0.2) is 9.97 Å². The molecule has 0 spiro atoms. The van der Waals surface area contributed by atoms with Crippen molar-refractivity contribution in [3.8, 4) is 23.8 Å². The molecule has 2 rings (SSSR count). The topological polar surface area (TPSA) is 82.6 Å². The molecule has 1 heterocycles. The van der Waals surface area contributed by atoms with E-state index in [0.717, 1.165) is 0 Å². The Balaban J connectivity index is 2.42. The summed E-state index contributed by atoms with van der Waals surface area (Å²) in [4.78, 5) is 7.60. The van der Waals surface area contributed by atoms with Crippen LogP contribution in [0.25, 0.3) is 0 Å². The third-order valence-corrected chi connectivity index (χ3v) is 2.91. The lowest BCUT2D eigenvalue weighted by atomic mass is 10.3. The fourth-order valence-electron chi connectivity index (χ4n) is 1.31. The summed E-state index contributed by atoms with van der Waals surface area (Å²) < 4.78 is 5.38. The molecule has 5 nitrogen and oxygen atoms in total. The van der Waals surface area contributed by atoms with Crippen LogP contribution in [0.1, 0.15) is 11.4 Å². The van der Waals surface area contributed by atoms with Gasteiger partial charge in [-0.25, -0.2) is 4.98 Å². The molecule has 0 saturated carbocycles. The highest BCUT2D eigenvalue weighted by Gasteiger charge is 2.13. The van der Waals surface area contributed by atoms with Gasteiger partial charge in [-0.05, 0) is 12.1 Å². The van der Waals surface area contributed by atoms with Crippen LogP contribution in [0.5, 0.6) is 11.6 Å². The molecule has 0 amide bonds. The molecule has 8 heteroatoms. The van der Waals surface area contributed by atoms with E-state index in [0.29, 0.717) is 5.02 Å². The van der Waals surface area contributed by atoms with Crippen molar-refractivity contribution in [2.24, 2.45) is 0 Å². The molecule has 0 atom stereocenters. The zero-order valence-electron chi connectivity index (χ0n) is 9.56. The van der Waals surface area contributed by atoms with Crippen molar-refractivity contribution in [3.63, 3.8) is 0 Å². The second-order valence-corrected chi connectivity index (χ2v) is 4.68. The summed E-state index contributed by atoms with van der Waals surface area (Å²) in [6, 6.07) is 6.40. The fraction of sp³-hybridized carbons (Fsp3) is 0. The van der Waals surface area contributed by atoms with E-state index >= 15 is 0 Å². The molecule has 0 bridgehead atoms. The minimum absolute atomic E-state index is 0.00771. The van der Waals surface area contributed by atoms with E-state index in [2.05, 4.69) is 9.97 Å². The van der Waals surface area contributed by atoms with Gasteiger partial charge < -0.3 is 4.74 Å². The van der Waals surface area contributed by atoms with Gasteiger partial charge in [-0.2, -0.15) is 15.5 Å². The van der Waals surface area contributed by atoms with E-state index in [-0.39, 0.29) is 33.1 Å². The minimum Gasteiger partial charge on any atom is -0.434 e. The van der Waals surface area contributed by atoms with Crippen molar-refractivity contribution >= 4 is 34.8 Å². The van der Waals surface area contributed by atoms with Gasteiger partial charge in [0.05, 0.1) is 16.2 Å². The average molecular weight is 326 g/mol. The molecule has 0 aliphatic carbocycles. The summed E-state index contributed by atoms with van der Waals surface area (Å²) in [7, 11) is 0. The molecule has 2 aromatic rings. The molecular formula is C12H3Cl3N4O. The molecule has 0 N–H and O–H groups in total. The highest BCUT2D eigenvalue weighted by Crippen LogP contribution is 2.38. The number of ether oxygens (including phenoxy) is 1. The Morgan fingerprint density at radius 3 is 2.15 bits per heavy atom. The standard InChI is InChI=1S/C12H3Cl3N4O/c13-6-1-7(14)12(8(15)2-6)20-11-5-18-9(3-16)10(4-17)19-11/h1-2,5H. The number of halogens is 3. The van der Waals surface area contributed by atoms with Crippen LogP contribution in [0.2, 0.25) is 15.1 Å². The highest BCUT2D eigenvalue weighted by molar-refractivity contribution is 6.40. The second kappa shape index (κ2) is 5.94. The molecule has 0 radical (unpaired) electrons. The Labute approximate surface area is 128 Å². The second-order valence-electron chi connectivity index (χ2n) is 3.43. The predicted molar refractivity (Wildman–Crippen MR) is 73.0 cm³/mol. The smallest absolute Gasteiger partial charge is 0.239 e. The average Bonchev–Trinajstić information content (AvgIpc) is 2.42. The zero-order valence-corrected chi connectivity index (χ0v) is 11.8. The van der Waals surface area contributed by atoms with Crippen LogP contribution in [0.3, 0.4) is 0 Å². The molecule has 98 valence electrons.